The Morgan fingerprint density at radius 3 is 2.38 bits per heavy atom. The molecule has 1 atom stereocenters. The van der Waals surface area contributed by atoms with E-state index in [0.717, 1.165) is 10.9 Å². The number of benzene rings is 2. The summed E-state index contributed by atoms with van der Waals surface area (Å²) in [6.07, 6.45) is 0.857. The van der Waals surface area contributed by atoms with E-state index in [2.05, 4.69) is 31.9 Å². The van der Waals surface area contributed by atoms with Crippen LogP contribution in [0.5, 0.6) is 0 Å². The maximum absolute atomic E-state index is 12.2. The van der Waals surface area contributed by atoms with Gasteiger partial charge in [0.05, 0.1) is 0 Å². The van der Waals surface area contributed by atoms with Crippen molar-refractivity contribution in [3.63, 3.8) is 0 Å². The number of hydrogen-bond donors (Lipinski definition) is 3. The molecular weight excluding hydrogens is 414 g/mol. The molecule has 1 unspecified atom stereocenters. The summed E-state index contributed by atoms with van der Waals surface area (Å²) in [5.41, 5.74) is 1.64. The zero-order chi connectivity index (χ0) is 19.1. The lowest BCUT2D eigenvalue weighted by atomic mass is 10.1. The van der Waals surface area contributed by atoms with Crippen LogP contribution in [0.15, 0.2) is 53.0 Å². The van der Waals surface area contributed by atoms with Crippen molar-refractivity contribution >= 4 is 50.8 Å². The lowest BCUT2D eigenvalue weighted by molar-refractivity contribution is 0.0937. The summed E-state index contributed by atoms with van der Waals surface area (Å²) in [6, 6.07) is 14.1. The molecule has 0 bridgehead atoms. The highest BCUT2D eigenvalue weighted by Crippen LogP contribution is 2.13. The molecule has 0 heterocycles. The summed E-state index contributed by atoms with van der Waals surface area (Å²) >= 11 is 8.52. The fourth-order valence-corrected chi connectivity index (χ4v) is 2.72. The van der Waals surface area contributed by atoms with Crippen LogP contribution < -0.4 is 16.0 Å². The Bertz CT molecular complexity index is 826. The van der Waals surface area contributed by atoms with Gasteiger partial charge in [0, 0.05) is 27.3 Å². The van der Waals surface area contributed by atoms with Crippen LogP contribution in [0.1, 0.15) is 41.0 Å². The third kappa shape index (κ3) is 5.93. The Morgan fingerprint density at radius 2 is 1.73 bits per heavy atom. The highest BCUT2D eigenvalue weighted by Gasteiger charge is 2.11. The predicted octanol–water partition coefficient (Wildman–Crippen LogP) is 4.10. The maximum Gasteiger partial charge on any atom is 0.257 e. The number of carbonyl (C=O) groups is 2. The Morgan fingerprint density at radius 1 is 1.08 bits per heavy atom. The molecule has 2 rings (SSSR count). The monoisotopic (exact) mass is 433 g/mol. The summed E-state index contributed by atoms with van der Waals surface area (Å²) in [5.74, 6) is -0.457. The van der Waals surface area contributed by atoms with E-state index in [1.807, 2.05) is 19.9 Å². The summed E-state index contributed by atoms with van der Waals surface area (Å²) < 4.78 is 0.809. The largest absolute Gasteiger partial charge is 0.350 e. The van der Waals surface area contributed by atoms with E-state index >= 15 is 0 Å². The third-order valence-electron chi connectivity index (χ3n) is 3.69. The number of thiocarbonyl (C=S) groups is 1. The van der Waals surface area contributed by atoms with Gasteiger partial charge in [-0.3, -0.25) is 14.9 Å². The molecule has 7 heteroatoms. The Balaban J connectivity index is 1.99. The molecule has 2 aromatic carbocycles. The van der Waals surface area contributed by atoms with Crippen LogP contribution in [0.2, 0.25) is 0 Å². The van der Waals surface area contributed by atoms with Gasteiger partial charge >= 0.3 is 0 Å². The normalized spacial score (nSPS) is 11.3. The van der Waals surface area contributed by atoms with Gasteiger partial charge in [0.15, 0.2) is 5.11 Å². The van der Waals surface area contributed by atoms with E-state index in [-0.39, 0.29) is 23.0 Å². The van der Waals surface area contributed by atoms with Crippen LogP contribution in [-0.2, 0) is 0 Å². The van der Waals surface area contributed by atoms with E-state index in [1.165, 1.54) is 0 Å². The van der Waals surface area contributed by atoms with E-state index in [4.69, 9.17) is 12.2 Å². The van der Waals surface area contributed by atoms with Crippen molar-refractivity contribution in [1.29, 1.82) is 0 Å². The molecule has 3 N–H and O–H groups in total. The van der Waals surface area contributed by atoms with Crippen molar-refractivity contribution in [2.75, 3.05) is 5.32 Å². The van der Waals surface area contributed by atoms with E-state index in [9.17, 15) is 9.59 Å². The average molecular weight is 434 g/mol. The van der Waals surface area contributed by atoms with Crippen LogP contribution in [0.4, 0.5) is 5.69 Å². The van der Waals surface area contributed by atoms with Gasteiger partial charge in [0.25, 0.3) is 11.8 Å². The van der Waals surface area contributed by atoms with Gasteiger partial charge in [-0.05, 0) is 62.0 Å². The summed E-state index contributed by atoms with van der Waals surface area (Å²) in [4.78, 5) is 24.4. The van der Waals surface area contributed by atoms with Crippen LogP contribution >= 0.6 is 28.1 Å². The molecule has 2 amide bonds. The molecule has 0 aliphatic rings. The van der Waals surface area contributed by atoms with Gasteiger partial charge in [-0.15, -0.1) is 0 Å². The number of anilines is 1. The van der Waals surface area contributed by atoms with E-state index < -0.39 is 0 Å². The number of carbonyl (C=O) groups excluding carboxylic acids is 2. The molecule has 0 aromatic heterocycles. The Labute approximate surface area is 166 Å². The molecule has 5 nitrogen and oxygen atoms in total. The van der Waals surface area contributed by atoms with Gasteiger partial charge in [0.1, 0.15) is 0 Å². The first-order valence-electron chi connectivity index (χ1n) is 8.18. The summed E-state index contributed by atoms with van der Waals surface area (Å²) in [5, 5.41) is 8.62. The van der Waals surface area contributed by atoms with E-state index in [1.54, 1.807) is 42.5 Å². The number of nitrogens with one attached hydrogen (secondary N) is 3. The van der Waals surface area contributed by atoms with Crippen molar-refractivity contribution in [2.24, 2.45) is 0 Å². The zero-order valence-electron chi connectivity index (χ0n) is 14.5. The molecule has 0 radical (unpaired) electrons. The summed E-state index contributed by atoms with van der Waals surface area (Å²) in [6.45, 7) is 3.96. The molecule has 0 aliphatic heterocycles. The first kappa shape index (κ1) is 20.1. The lowest BCUT2D eigenvalue weighted by Gasteiger charge is -2.13. The standard InChI is InChI=1S/C19H20BrN3O2S/c1-3-12(2)21-17(24)14-7-5-9-16(11-14)22-19(26)23-18(25)13-6-4-8-15(20)10-13/h4-12H,3H2,1-2H3,(H,21,24)(H2,22,23,25,26). The zero-order valence-corrected chi connectivity index (χ0v) is 16.9. The second kappa shape index (κ2) is 9.45. The van der Waals surface area contributed by atoms with Gasteiger partial charge in [-0.1, -0.05) is 35.0 Å². The topological polar surface area (TPSA) is 70.2 Å². The second-order valence-corrected chi connectivity index (χ2v) is 7.11. The molecular formula is C19H20BrN3O2S. The Hall–Kier alpha value is -2.25. The quantitative estimate of drug-likeness (QED) is 0.620. The van der Waals surface area contributed by atoms with Crippen molar-refractivity contribution in [2.45, 2.75) is 26.3 Å². The van der Waals surface area contributed by atoms with E-state index in [0.29, 0.717) is 16.8 Å². The molecule has 0 saturated carbocycles. The number of rotatable bonds is 5. The van der Waals surface area contributed by atoms with Gasteiger partial charge in [-0.25, -0.2) is 0 Å². The molecule has 26 heavy (non-hydrogen) atoms. The minimum Gasteiger partial charge on any atom is -0.350 e. The summed E-state index contributed by atoms with van der Waals surface area (Å²) in [7, 11) is 0. The second-order valence-electron chi connectivity index (χ2n) is 5.78. The average Bonchev–Trinajstić information content (AvgIpc) is 2.61. The van der Waals surface area contributed by atoms with Crippen molar-refractivity contribution in [1.82, 2.24) is 10.6 Å². The lowest BCUT2D eigenvalue weighted by Crippen LogP contribution is -2.34. The predicted molar refractivity (Wildman–Crippen MR) is 111 cm³/mol. The minimum absolute atomic E-state index is 0.102. The highest BCUT2D eigenvalue weighted by atomic mass is 79.9. The molecule has 0 saturated heterocycles. The van der Waals surface area contributed by atoms with Crippen LogP contribution in [0.25, 0.3) is 0 Å². The minimum atomic E-state index is -0.311. The number of hydrogen-bond acceptors (Lipinski definition) is 3. The number of amides is 2. The molecule has 0 spiro atoms. The van der Waals surface area contributed by atoms with Crippen LogP contribution in [0.3, 0.4) is 0 Å². The highest BCUT2D eigenvalue weighted by molar-refractivity contribution is 9.10. The maximum atomic E-state index is 12.2. The first-order chi connectivity index (χ1) is 12.4. The SMILES string of the molecule is CCC(C)NC(=O)c1cccc(NC(=S)NC(=O)c2cccc(Br)c2)c1. The van der Waals surface area contributed by atoms with Crippen molar-refractivity contribution in [3.05, 3.63) is 64.1 Å². The fraction of sp³-hybridized carbons (Fsp3) is 0.211. The molecule has 136 valence electrons. The Kier molecular flexibility index (Phi) is 7.29. The van der Waals surface area contributed by atoms with Gasteiger partial charge in [-0.2, -0.15) is 0 Å². The fourth-order valence-electron chi connectivity index (χ4n) is 2.11. The number of halogens is 1. The third-order valence-corrected chi connectivity index (χ3v) is 4.38. The first-order valence-corrected chi connectivity index (χ1v) is 9.38. The smallest absolute Gasteiger partial charge is 0.257 e. The van der Waals surface area contributed by atoms with Gasteiger partial charge < -0.3 is 10.6 Å². The van der Waals surface area contributed by atoms with Crippen LogP contribution in [0, 0.1) is 0 Å². The van der Waals surface area contributed by atoms with Gasteiger partial charge in [0.2, 0.25) is 0 Å². The van der Waals surface area contributed by atoms with Crippen LogP contribution in [-0.4, -0.2) is 23.0 Å². The van der Waals surface area contributed by atoms with Crippen molar-refractivity contribution < 1.29 is 9.59 Å². The molecule has 0 aliphatic carbocycles. The molecule has 0 fully saturated rings. The van der Waals surface area contributed by atoms with Crippen molar-refractivity contribution in [3.8, 4) is 0 Å². The molecule has 2 aromatic rings.